The summed E-state index contributed by atoms with van der Waals surface area (Å²) >= 11 is 0. The number of pyridine rings is 1. The van der Waals surface area contributed by atoms with Crippen LogP contribution in [0.15, 0.2) is 48.8 Å². The molecule has 0 saturated heterocycles. The molecule has 0 atom stereocenters. The predicted molar refractivity (Wildman–Crippen MR) is 118 cm³/mol. The zero-order valence-corrected chi connectivity index (χ0v) is 17.8. The number of hydrogen-bond acceptors (Lipinski definition) is 4. The van der Waals surface area contributed by atoms with E-state index in [1.807, 2.05) is 41.9 Å². The van der Waals surface area contributed by atoms with Crippen molar-refractivity contribution < 1.29 is 14.3 Å². The first-order valence-corrected chi connectivity index (χ1v) is 10.8. The zero-order valence-electron chi connectivity index (χ0n) is 17.8. The van der Waals surface area contributed by atoms with E-state index in [1.165, 1.54) is 12.8 Å². The molecular weight excluding hydrogens is 392 g/mol. The maximum absolute atomic E-state index is 12.4. The zero-order chi connectivity index (χ0) is 21.6. The maximum Gasteiger partial charge on any atom is 0.251 e. The van der Waals surface area contributed by atoms with Crippen LogP contribution >= 0.6 is 0 Å². The van der Waals surface area contributed by atoms with Crippen molar-refractivity contribution in [2.24, 2.45) is 0 Å². The van der Waals surface area contributed by atoms with E-state index in [2.05, 4.69) is 15.6 Å². The van der Waals surface area contributed by atoms with Crippen molar-refractivity contribution in [3.05, 3.63) is 65.6 Å². The number of aryl methyl sites for hydroxylation is 1. The monoisotopic (exact) mass is 420 g/mol. The Morgan fingerprint density at radius 2 is 2.00 bits per heavy atom. The molecule has 2 N–H and O–H groups in total. The molecule has 0 radical (unpaired) electrons. The molecule has 4 rings (SSSR count). The molecule has 31 heavy (non-hydrogen) atoms. The van der Waals surface area contributed by atoms with E-state index in [0.717, 1.165) is 29.7 Å². The van der Waals surface area contributed by atoms with E-state index < -0.39 is 0 Å². The van der Waals surface area contributed by atoms with Gasteiger partial charge in [-0.15, -0.1) is 0 Å². The van der Waals surface area contributed by atoms with Crippen molar-refractivity contribution in [2.45, 2.75) is 51.7 Å². The highest BCUT2D eigenvalue weighted by Gasteiger charge is 2.17. The minimum absolute atomic E-state index is 0.00747. The molecule has 0 spiro atoms. The molecule has 2 heterocycles. The van der Waals surface area contributed by atoms with Crippen LogP contribution in [0.2, 0.25) is 0 Å². The second kappa shape index (κ2) is 9.64. The van der Waals surface area contributed by atoms with E-state index in [0.29, 0.717) is 30.5 Å². The molecule has 1 aliphatic rings. The molecule has 2 amide bonds. The van der Waals surface area contributed by atoms with E-state index in [9.17, 15) is 9.59 Å². The number of ether oxygens (including phenoxy) is 1. The van der Waals surface area contributed by atoms with Crippen LogP contribution in [0.3, 0.4) is 0 Å². The molecule has 1 saturated carbocycles. The summed E-state index contributed by atoms with van der Waals surface area (Å²) in [6.07, 6.45) is 8.71. The second-order valence-electron chi connectivity index (χ2n) is 8.08. The summed E-state index contributed by atoms with van der Waals surface area (Å²) in [6, 6.07) is 11.3. The fraction of sp³-hybridized carbons (Fsp3) is 0.375. The van der Waals surface area contributed by atoms with Crippen molar-refractivity contribution in [3.63, 3.8) is 0 Å². The molecule has 7 nitrogen and oxygen atoms in total. The molecule has 3 aromatic rings. The molecule has 162 valence electrons. The van der Waals surface area contributed by atoms with Crippen LogP contribution in [-0.2, 0) is 11.4 Å². The van der Waals surface area contributed by atoms with Crippen molar-refractivity contribution in [1.29, 1.82) is 0 Å². The summed E-state index contributed by atoms with van der Waals surface area (Å²) in [5.74, 6) is 0.370. The van der Waals surface area contributed by atoms with Gasteiger partial charge in [-0.1, -0.05) is 25.0 Å². The van der Waals surface area contributed by atoms with Crippen LogP contribution in [0.4, 0.5) is 0 Å². The van der Waals surface area contributed by atoms with Crippen LogP contribution in [0.1, 0.15) is 53.7 Å². The van der Waals surface area contributed by atoms with Gasteiger partial charge in [-0.05, 0) is 49.6 Å². The van der Waals surface area contributed by atoms with Gasteiger partial charge in [0.05, 0.1) is 5.69 Å². The van der Waals surface area contributed by atoms with Crippen molar-refractivity contribution in [1.82, 2.24) is 20.0 Å². The standard InChI is InChI=1S/C24H28N4O3/c1-17-9-10-22-26-20(15-28(22)14-17)16-31-21-8-4-5-18(13-21)24(30)25-12-11-23(29)27-19-6-2-3-7-19/h4-5,8-10,13-15,19H,2-3,6-7,11-12,16H2,1H3,(H,25,30)(H,27,29). The van der Waals surface area contributed by atoms with Gasteiger partial charge in [-0.2, -0.15) is 0 Å². The van der Waals surface area contributed by atoms with Crippen LogP contribution in [0.25, 0.3) is 5.65 Å². The van der Waals surface area contributed by atoms with E-state index in [1.54, 1.807) is 18.2 Å². The van der Waals surface area contributed by atoms with E-state index in [-0.39, 0.29) is 18.2 Å². The molecule has 2 aromatic heterocycles. The lowest BCUT2D eigenvalue weighted by Crippen LogP contribution is -2.35. The van der Waals surface area contributed by atoms with Gasteiger partial charge in [0.2, 0.25) is 5.91 Å². The number of aromatic nitrogens is 2. The van der Waals surface area contributed by atoms with E-state index >= 15 is 0 Å². The maximum atomic E-state index is 12.4. The topological polar surface area (TPSA) is 84.7 Å². The van der Waals surface area contributed by atoms with Gasteiger partial charge in [-0.3, -0.25) is 9.59 Å². The number of amides is 2. The minimum atomic E-state index is -0.220. The normalized spacial score (nSPS) is 14.0. The third-order valence-corrected chi connectivity index (χ3v) is 5.49. The van der Waals surface area contributed by atoms with Crippen LogP contribution in [-0.4, -0.2) is 33.8 Å². The van der Waals surface area contributed by atoms with Crippen molar-refractivity contribution in [3.8, 4) is 5.75 Å². The molecule has 1 aliphatic carbocycles. The highest BCUT2D eigenvalue weighted by Crippen LogP contribution is 2.18. The number of carbonyl (C=O) groups excluding carboxylic acids is 2. The van der Waals surface area contributed by atoms with Gasteiger partial charge in [0.25, 0.3) is 5.91 Å². The Morgan fingerprint density at radius 1 is 1.16 bits per heavy atom. The van der Waals surface area contributed by atoms with Gasteiger partial charge in [-0.25, -0.2) is 4.98 Å². The lowest BCUT2D eigenvalue weighted by atomic mass is 10.2. The molecular formula is C24H28N4O3. The molecule has 0 aliphatic heterocycles. The largest absolute Gasteiger partial charge is 0.487 e. The Bertz CT molecular complexity index is 1070. The summed E-state index contributed by atoms with van der Waals surface area (Å²) < 4.78 is 7.81. The van der Waals surface area contributed by atoms with E-state index in [4.69, 9.17) is 4.74 Å². The Kier molecular flexibility index (Phi) is 6.50. The second-order valence-corrected chi connectivity index (χ2v) is 8.08. The first kappa shape index (κ1) is 20.9. The number of rotatable bonds is 8. The Morgan fingerprint density at radius 3 is 2.84 bits per heavy atom. The van der Waals surface area contributed by atoms with Gasteiger partial charge in [0, 0.05) is 37.0 Å². The third kappa shape index (κ3) is 5.63. The number of imidazole rings is 1. The lowest BCUT2D eigenvalue weighted by molar-refractivity contribution is -0.121. The fourth-order valence-corrected chi connectivity index (χ4v) is 3.87. The first-order chi connectivity index (χ1) is 15.1. The Labute approximate surface area is 181 Å². The van der Waals surface area contributed by atoms with Gasteiger partial charge in [0.1, 0.15) is 18.0 Å². The van der Waals surface area contributed by atoms with Crippen LogP contribution in [0.5, 0.6) is 5.75 Å². The first-order valence-electron chi connectivity index (χ1n) is 10.8. The summed E-state index contributed by atoms with van der Waals surface area (Å²) in [6.45, 7) is 2.66. The fourth-order valence-electron chi connectivity index (χ4n) is 3.87. The third-order valence-electron chi connectivity index (χ3n) is 5.49. The summed E-state index contributed by atoms with van der Waals surface area (Å²) in [5.41, 5.74) is 3.34. The minimum Gasteiger partial charge on any atom is -0.487 e. The number of fused-ring (bicyclic) bond motifs is 1. The highest BCUT2D eigenvalue weighted by molar-refractivity contribution is 5.94. The molecule has 1 aromatic carbocycles. The number of nitrogens with one attached hydrogen (secondary N) is 2. The summed E-state index contributed by atoms with van der Waals surface area (Å²) in [4.78, 5) is 29.0. The van der Waals surface area contributed by atoms with Crippen molar-refractivity contribution in [2.75, 3.05) is 6.54 Å². The smallest absolute Gasteiger partial charge is 0.251 e. The quantitative estimate of drug-likeness (QED) is 0.585. The van der Waals surface area contributed by atoms with Crippen LogP contribution < -0.4 is 15.4 Å². The van der Waals surface area contributed by atoms with Gasteiger partial charge in [0.15, 0.2) is 0 Å². The summed E-state index contributed by atoms with van der Waals surface area (Å²) in [7, 11) is 0. The Hall–Kier alpha value is -3.35. The summed E-state index contributed by atoms with van der Waals surface area (Å²) in [5, 5.41) is 5.84. The highest BCUT2D eigenvalue weighted by atomic mass is 16.5. The molecule has 1 fully saturated rings. The number of carbonyl (C=O) groups is 2. The average molecular weight is 421 g/mol. The predicted octanol–water partition coefficient (Wildman–Crippen LogP) is 3.40. The molecule has 7 heteroatoms. The van der Waals surface area contributed by atoms with Gasteiger partial charge < -0.3 is 19.8 Å². The average Bonchev–Trinajstić information content (AvgIpc) is 3.41. The van der Waals surface area contributed by atoms with Crippen LogP contribution in [0, 0.1) is 6.92 Å². The van der Waals surface area contributed by atoms with Gasteiger partial charge >= 0.3 is 0 Å². The molecule has 0 bridgehead atoms. The SMILES string of the molecule is Cc1ccc2nc(COc3cccc(C(=O)NCCC(=O)NC4CCCC4)c3)cn2c1. The lowest BCUT2D eigenvalue weighted by Gasteiger charge is -2.12. The molecule has 0 unspecified atom stereocenters. The van der Waals surface area contributed by atoms with Crippen molar-refractivity contribution >= 4 is 17.5 Å². The number of nitrogens with zero attached hydrogens (tertiary/aromatic N) is 2. The number of benzene rings is 1. The number of hydrogen-bond donors (Lipinski definition) is 2. The Balaban J connectivity index is 1.26.